The molecule has 0 aliphatic carbocycles. The lowest BCUT2D eigenvalue weighted by Crippen LogP contribution is -2.07. The van der Waals surface area contributed by atoms with Gasteiger partial charge in [-0.1, -0.05) is 5.92 Å². The highest BCUT2D eigenvalue weighted by molar-refractivity contribution is 14.1. The van der Waals surface area contributed by atoms with Crippen molar-refractivity contribution in [1.29, 1.82) is 0 Å². The number of aliphatic hydroxyl groups is 2. The molecule has 2 nitrogen and oxygen atoms in total. The zero-order chi connectivity index (χ0) is 5.70. The van der Waals surface area contributed by atoms with Gasteiger partial charge in [0.2, 0.25) is 0 Å². The monoisotopic (exact) mass is 212 g/mol. The Bertz CT molecular complexity index is 91.6. The standard InChI is InChI=1S/C4H5IO2/c5-2-1-4(7)3-6/h4,6-7H,3H2. The molecule has 1 unspecified atom stereocenters. The molecule has 0 saturated heterocycles. The van der Waals surface area contributed by atoms with Crippen molar-refractivity contribution in [3.63, 3.8) is 0 Å². The summed E-state index contributed by atoms with van der Waals surface area (Å²) >= 11 is 1.79. The molecule has 7 heavy (non-hydrogen) atoms. The molecule has 0 radical (unpaired) electrons. The molecule has 2 N–H and O–H groups in total. The summed E-state index contributed by atoms with van der Waals surface area (Å²) in [5.74, 6) is 2.34. The van der Waals surface area contributed by atoms with Crippen molar-refractivity contribution in [2.45, 2.75) is 6.10 Å². The van der Waals surface area contributed by atoms with Crippen LogP contribution in [-0.4, -0.2) is 22.9 Å². The van der Waals surface area contributed by atoms with Gasteiger partial charge in [0.1, 0.15) is 6.10 Å². The zero-order valence-electron chi connectivity index (χ0n) is 3.56. The molecule has 0 aromatic rings. The minimum atomic E-state index is -0.864. The number of hydrogen-bond donors (Lipinski definition) is 2. The minimum Gasteiger partial charge on any atom is -0.393 e. The number of aliphatic hydroxyl groups excluding tert-OH is 2. The van der Waals surface area contributed by atoms with Crippen molar-refractivity contribution >= 4 is 22.6 Å². The molecular formula is C4H5IO2. The van der Waals surface area contributed by atoms with Crippen LogP contribution in [0.25, 0.3) is 0 Å². The Morgan fingerprint density at radius 3 is 2.43 bits per heavy atom. The van der Waals surface area contributed by atoms with Crippen molar-refractivity contribution in [1.82, 2.24) is 0 Å². The van der Waals surface area contributed by atoms with Crippen LogP contribution in [0.4, 0.5) is 0 Å². The Kier molecular flexibility index (Phi) is 4.50. The van der Waals surface area contributed by atoms with Gasteiger partial charge >= 0.3 is 0 Å². The van der Waals surface area contributed by atoms with Gasteiger partial charge in [-0.2, -0.15) is 0 Å². The van der Waals surface area contributed by atoms with Crippen LogP contribution in [0.3, 0.4) is 0 Å². The van der Waals surface area contributed by atoms with Crippen molar-refractivity contribution in [2.24, 2.45) is 0 Å². The molecule has 0 aromatic heterocycles. The van der Waals surface area contributed by atoms with E-state index in [2.05, 4.69) is 9.85 Å². The predicted molar refractivity (Wildman–Crippen MR) is 34.9 cm³/mol. The highest BCUT2D eigenvalue weighted by atomic mass is 127. The van der Waals surface area contributed by atoms with E-state index < -0.39 is 6.10 Å². The van der Waals surface area contributed by atoms with E-state index >= 15 is 0 Å². The Morgan fingerprint density at radius 2 is 2.29 bits per heavy atom. The lowest BCUT2D eigenvalue weighted by atomic mass is 10.4. The lowest BCUT2D eigenvalue weighted by Gasteiger charge is -1.90. The highest BCUT2D eigenvalue weighted by Gasteiger charge is 1.89. The molecule has 0 saturated carbocycles. The number of hydrogen-bond acceptors (Lipinski definition) is 2. The van der Waals surface area contributed by atoms with Gasteiger partial charge in [0, 0.05) is 22.6 Å². The van der Waals surface area contributed by atoms with Gasteiger partial charge in [-0.3, -0.25) is 0 Å². The lowest BCUT2D eigenvalue weighted by molar-refractivity contribution is 0.138. The smallest absolute Gasteiger partial charge is 0.138 e. The van der Waals surface area contributed by atoms with Crippen LogP contribution < -0.4 is 0 Å². The second-order valence-electron chi connectivity index (χ2n) is 0.937. The van der Waals surface area contributed by atoms with Crippen molar-refractivity contribution in [3.8, 4) is 9.85 Å². The molecule has 0 aromatic carbocycles. The SMILES string of the molecule is OCC(O)C#CI. The zero-order valence-corrected chi connectivity index (χ0v) is 5.71. The number of rotatable bonds is 1. The second kappa shape index (κ2) is 4.37. The maximum atomic E-state index is 8.43. The average Bonchev–Trinajstić information content (AvgIpc) is 1.68. The molecule has 0 amide bonds. The van der Waals surface area contributed by atoms with E-state index in [-0.39, 0.29) is 6.61 Å². The van der Waals surface area contributed by atoms with E-state index in [4.69, 9.17) is 10.2 Å². The Morgan fingerprint density at radius 1 is 1.71 bits per heavy atom. The van der Waals surface area contributed by atoms with Crippen LogP contribution in [0.5, 0.6) is 0 Å². The Balaban J connectivity index is 3.29. The van der Waals surface area contributed by atoms with Gasteiger partial charge in [0.25, 0.3) is 0 Å². The summed E-state index contributed by atoms with van der Waals surface area (Å²) < 4.78 is 2.43. The fraction of sp³-hybridized carbons (Fsp3) is 0.500. The van der Waals surface area contributed by atoms with E-state index in [0.717, 1.165) is 0 Å². The Hall–Kier alpha value is 0.210. The maximum absolute atomic E-state index is 8.43. The van der Waals surface area contributed by atoms with E-state index in [1.807, 2.05) is 0 Å². The van der Waals surface area contributed by atoms with Gasteiger partial charge in [-0.05, 0) is 3.93 Å². The van der Waals surface area contributed by atoms with Crippen LogP contribution in [0.15, 0.2) is 0 Å². The van der Waals surface area contributed by atoms with E-state index in [1.165, 1.54) is 0 Å². The summed E-state index contributed by atoms with van der Waals surface area (Å²) in [6, 6.07) is 0. The fourth-order valence-electron chi connectivity index (χ4n) is 0.109. The second-order valence-corrected chi connectivity index (χ2v) is 1.48. The summed E-state index contributed by atoms with van der Waals surface area (Å²) in [5.41, 5.74) is 0. The van der Waals surface area contributed by atoms with Crippen LogP contribution in [-0.2, 0) is 0 Å². The van der Waals surface area contributed by atoms with Gasteiger partial charge in [-0.25, -0.2) is 0 Å². The van der Waals surface area contributed by atoms with Gasteiger partial charge < -0.3 is 10.2 Å². The molecule has 40 valence electrons. The third-order valence-electron chi connectivity index (χ3n) is 0.394. The van der Waals surface area contributed by atoms with E-state index in [9.17, 15) is 0 Å². The Labute approximate surface area is 55.7 Å². The largest absolute Gasteiger partial charge is 0.393 e. The van der Waals surface area contributed by atoms with Crippen LogP contribution in [0.1, 0.15) is 0 Å². The normalized spacial score (nSPS) is 11.9. The summed E-state index contributed by atoms with van der Waals surface area (Å²) in [5, 5.41) is 16.5. The molecule has 3 heteroatoms. The molecule has 0 fully saturated rings. The maximum Gasteiger partial charge on any atom is 0.138 e. The van der Waals surface area contributed by atoms with Gasteiger partial charge in [-0.15, -0.1) is 0 Å². The van der Waals surface area contributed by atoms with E-state index in [0.29, 0.717) is 0 Å². The van der Waals surface area contributed by atoms with Gasteiger partial charge in [0.05, 0.1) is 6.61 Å². The third-order valence-corrected chi connectivity index (χ3v) is 0.706. The minimum absolute atomic E-state index is 0.282. The predicted octanol–water partition coefficient (Wildman–Crippen LogP) is -0.264. The van der Waals surface area contributed by atoms with E-state index in [1.54, 1.807) is 22.6 Å². The summed E-state index contributed by atoms with van der Waals surface area (Å²) in [6.07, 6.45) is -0.864. The first-order valence-corrected chi connectivity index (χ1v) is 2.79. The van der Waals surface area contributed by atoms with Crippen LogP contribution >= 0.6 is 22.6 Å². The first-order chi connectivity index (χ1) is 3.31. The first kappa shape index (κ1) is 7.21. The summed E-state index contributed by atoms with van der Waals surface area (Å²) in [4.78, 5) is 0. The third kappa shape index (κ3) is 4.05. The molecular weight excluding hydrogens is 207 g/mol. The number of halogens is 1. The van der Waals surface area contributed by atoms with Gasteiger partial charge in [0.15, 0.2) is 0 Å². The molecule has 0 aliphatic rings. The first-order valence-electron chi connectivity index (χ1n) is 1.71. The fourth-order valence-corrected chi connectivity index (χ4v) is 0.468. The molecule has 0 bridgehead atoms. The van der Waals surface area contributed by atoms with Crippen molar-refractivity contribution in [3.05, 3.63) is 0 Å². The van der Waals surface area contributed by atoms with Crippen molar-refractivity contribution in [2.75, 3.05) is 6.61 Å². The molecule has 0 aliphatic heterocycles. The topological polar surface area (TPSA) is 40.5 Å². The quantitative estimate of drug-likeness (QED) is 0.464. The molecule has 0 rings (SSSR count). The summed E-state index contributed by atoms with van der Waals surface area (Å²) in [6.45, 7) is -0.282. The van der Waals surface area contributed by atoms with Crippen LogP contribution in [0.2, 0.25) is 0 Å². The molecule has 0 heterocycles. The highest BCUT2D eigenvalue weighted by Crippen LogP contribution is 1.77. The molecule has 1 atom stereocenters. The molecule has 0 spiro atoms. The van der Waals surface area contributed by atoms with Crippen molar-refractivity contribution < 1.29 is 10.2 Å². The summed E-state index contributed by atoms with van der Waals surface area (Å²) in [7, 11) is 0. The van der Waals surface area contributed by atoms with Crippen LogP contribution in [0, 0.1) is 9.85 Å². The average molecular weight is 212 g/mol.